The number of hydrogen-bond acceptors (Lipinski definition) is 7. The highest BCUT2D eigenvalue weighted by Gasteiger charge is 2.24. The minimum atomic E-state index is -0.412. The van der Waals surface area contributed by atoms with E-state index in [0.717, 1.165) is 28.8 Å². The molecule has 2 heterocycles. The lowest BCUT2D eigenvalue weighted by Crippen LogP contribution is -2.24. The minimum absolute atomic E-state index is 0.0595. The van der Waals surface area contributed by atoms with Crippen LogP contribution in [0.3, 0.4) is 0 Å². The van der Waals surface area contributed by atoms with E-state index in [2.05, 4.69) is 22.1 Å². The summed E-state index contributed by atoms with van der Waals surface area (Å²) in [4.78, 5) is 20.9. The molecule has 1 aromatic carbocycles. The van der Waals surface area contributed by atoms with Crippen LogP contribution in [0.1, 0.15) is 5.56 Å². The van der Waals surface area contributed by atoms with Crippen LogP contribution < -0.4 is 4.90 Å². The van der Waals surface area contributed by atoms with E-state index in [4.69, 9.17) is 0 Å². The Morgan fingerprint density at radius 1 is 1.38 bits per heavy atom. The number of anilines is 1. The van der Waals surface area contributed by atoms with Crippen molar-refractivity contribution in [3.8, 4) is 0 Å². The Bertz CT molecular complexity index is 672. The maximum Gasteiger partial charge on any atom is 0.345 e. The third-order valence-corrected chi connectivity index (χ3v) is 4.96. The van der Waals surface area contributed by atoms with E-state index in [1.54, 1.807) is 11.8 Å². The van der Waals surface area contributed by atoms with Crippen molar-refractivity contribution in [2.24, 2.45) is 4.99 Å². The van der Waals surface area contributed by atoms with Crippen LogP contribution in [0.4, 0.5) is 10.1 Å². The van der Waals surface area contributed by atoms with Gasteiger partial charge in [0.2, 0.25) is 0 Å². The van der Waals surface area contributed by atoms with Crippen molar-refractivity contribution >= 4 is 38.4 Å². The molecule has 0 N–H and O–H groups in total. The number of aromatic nitrogens is 1. The quantitative estimate of drug-likeness (QED) is 0.639. The summed E-state index contributed by atoms with van der Waals surface area (Å²) in [6.07, 6.45) is 1.30. The summed E-state index contributed by atoms with van der Waals surface area (Å²) < 4.78 is 0. The lowest BCUT2D eigenvalue weighted by atomic mass is 10.2. The summed E-state index contributed by atoms with van der Waals surface area (Å²) in [5.41, 5.74) is 1.22. The Morgan fingerprint density at radius 3 is 2.90 bits per heavy atom. The number of nitrogens with zero attached hydrogens (tertiary/aromatic N) is 4. The molecule has 0 saturated heterocycles. The fraction of sp³-hybridized carbons (Fsp3) is 0.231. The van der Waals surface area contributed by atoms with Gasteiger partial charge in [-0.1, -0.05) is 42.1 Å². The second kappa shape index (κ2) is 6.23. The molecule has 0 aliphatic carbocycles. The summed E-state index contributed by atoms with van der Waals surface area (Å²) in [7, 11) is 0. The van der Waals surface area contributed by atoms with Gasteiger partial charge >= 0.3 is 5.00 Å². The van der Waals surface area contributed by atoms with Crippen LogP contribution in [-0.4, -0.2) is 28.2 Å². The second-order valence-corrected chi connectivity index (χ2v) is 6.26. The average Bonchev–Trinajstić information content (AvgIpc) is 3.15. The Labute approximate surface area is 129 Å². The Balaban J connectivity index is 1.68. The van der Waals surface area contributed by atoms with E-state index in [0.29, 0.717) is 11.7 Å². The van der Waals surface area contributed by atoms with Gasteiger partial charge in [0.05, 0.1) is 11.5 Å². The molecule has 6 nitrogen and oxygen atoms in total. The lowest BCUT2D eigenvalue weighted by Gasteiger charge is -2.15. The molecule has 3 rings (SSSR count). The van der Waals surface area contributed by atoms with Crippen molar-refractivity contribution in [3.05, 3.63) is 52.2 Å². The SMILES string of the molecule is O=[N+]([O-])c1cnc(N2CCN=C2SCc2ccccc2)s1. The number of thiazole rings is 1. The van der Waals surface area contributed by atoms with Crippen LogP contribution in [0.2, 0.25) is 0 Å². The monoisotopic (exact) mass is 320 g/mol. The summed E-state index contributed by atoms with van der Waals surface area (Å²) in [6, 6.07) is 10.1. The largest absolute Gasteiger partial charge is 0.345 e. The number of thioether (sulfide) groups is 1. The van der Waals surface area contributed by atoms with Crippen LogP contribution in [0, 0.1) is 10.1 Å². The van der Waals surface area contributed by atoms with Gasteiger partial charge in [0.1, 0.15) is 6.20 Å². The zero-order chi connectivity index (χ0) is 14.7. The molecule has 0 unspecified atom stereocenters. The fourth-order valence-corrected chi connectivity index (χ4v) is 3.74. The highest BCUT2D eigenvalue weighted by Crippen LogP contribution is 2.32. The van der Waals surface area contributed by atoms with Crippen molar-refractivity contribution in [2.75, 3.05) is 18.0 Å². The highest BCUT2D eigenvalue weighted by atomic mass is 32.2. The first kappa shape index (κ1) is 14.0. The van der Waals surface area contributed by atoms with Gasteiger partial charge < -0.3 is 0 Å². The molecule has 1 aromatic heterocycles. The summed E-state index contributed by atoms with van der Waals surface area (Å²) in [5, 5.41) is 12.3. The molecule has 1 aliphatic rings. The molecule has 1 aliphatic heterocycles. The summed E-state index contributed by atoms with van der Waals surface area (Å²) in [6.45, 7) is 1.42. The Hall–Kier alpha value is -1.93. The van der Waals surface area contributed by atoms with E-state index in [9.17, 15) is 10.1 Å². The maximum atomic E-state index is 10.7. The molecule has 0 bridgehead atoms. The highest BCUT2D eigenvalue weighted by molar-refractivity contribution is 8.13. The van der Waals surface area contributed by atoms with Crippen LogP contribution in [0.5, 0.6) is 0 Å². The maximum absolute atomic E-state index is 10.7. The first-order chi connectivity index (χ1) is 10.2. The molecule has 108 valence electrons. The lowest BCUT2D eigenvalue weighted by molar-refractivity contribution is -0.380. The molecule has 0 radical (unpaired) electrons. The molecule has 0 spiro atoms. The molecule has 0 atom stereocenters. The van der Waals surface area contributed by atoms with E-state index in [1.165, 1.54) is 11.8 Å². The second-order valence-electron chi connectivity index (χ2n) is 4.33. The van der Waals surface area contributed by atoms with Crippen molar-refractivity contribution in [2.45, 2.75) is 5.75 Å². The van der Waals surface area contributed by atoms with Gasteiger partial charge in [-0.15, -0.1) is 0 Å². The van der Waals surface area contributed by atoms with E-state index in [-0.39, 0.29) is 5.00 Å². The first-order valence-corrected chi connectivity index (χ1v) is 8.13. The van der Waals surface area contributed by atoms with E-state index >= 15 is 0 Å². The van der Waals surface area contributed by atoms with Gasteiger partial charge in [-0.3, -0.25) is 20.0 Å². The predicted octanol–water partition coefficient (Wildman–Crippen LogP) is 3.16. The summed E-state index contributed by atoms with van der Waals surface area (Å²) >= 11 is 2.72. The molecular formula is C13H12N4O2S2. The van der Waals surface area contributed by atoms with Gasteiger partial charge in [-0.05, 0) is 16.9 Å². The average molecular weight is 320 g/mol. The molecular weight excluding hydrogens is 308 g/mol. The van der Waals surface area contributed by atoms with Gasteiger partial charge in [-0.25, -0.2) is 4.98 Å². The van der Waals surface area contributed by atoms with Crippen molar-refractivity contribution < 1.29 is 4.92 Å². The van der Waals surface area contributed by atoms with Crippen LogP contribution in [0.15, 0.2) is 41.5 Å². The van der Waals surface area contributed by atoms with Crippen molar-refractivity contribution in [1.29, 1.82) is 0 Å². The topological polar surface area (TPSA) is 71.6 Å². The van der Waals surface area contributed by atoms with Gasteiger partial charge in [0, 0.05) is 12.3 Å². The van der Waals surface area contributed by atoms with Crippen LogP contribution in [-0.2, 0) is 5.75 Å². The van der Waals surface area contributed by atoms with Crippen molar-refractivity contribution in [1.82, 2.24) is 4.98 Å². The van der Waals surface area contributed by atoms with E-state index in [1.807, 2.05) is 23.1 Å². The van der Waals surface area contributed by atoms with Crippen LogP contribution in [0.25, 0.3) is 0 Å². The van der Waals surface area contributed by atoms with Crippen LogP contribution >= 0.6 is 23.1 Å². The summed E-state index contributed by atoms with van der Waals surface area (Å²) in [5.74, 6) is 0.823. The van der Waals surface area contributed by atoms with Gasteiger partial charge in [0.15, 0.2) is 10.3 Å². The standard InChI is InChI=1S/C13H12N4O2S2/c18-17(19)11-8-15-13(21-11)16-7-6-14-12(16)20-9-10-4-2-1-3-5-10/h1-5,8H,6-7,9H2. The van der Waals surface area contributed by atoms with Gasteiger partial charge in [-0.2, -0.15) is 0 Å². The number of rotatable bonds is 4. The number of amidine groups is 1. The molecule has 2 aromatic rings. The smallest absolute Gasteiger partial charge is 0.295 e. The third-order valence-electron chi connectivity index (χ3n) is 2.90. The number of benzene rings is 1. The number of aliphatic imine (C=N–C) groups is 1. The molecule has 8 heteroatoms. The van der Waals surface area contributed by atoms with Crippen molar-refractivity contribution in [3.63, 3.8) is 0 Å². The fourth-order valence-electron chi connectivity index (χ4n) is 1.92. The molecule has 0 amide bonds. The normalized spacial score (nSPS) is 14.3. The van der Waals surface area contributed by atoms with E-state index < -0.39 is 4.92 Å². The zero-order valence-electron chi connectivity index (χ0n) is 11.0. The zero-order valence-corrected chi connectivity index (χ0v) is 12.6. The molecule has 0 saturated carbocycles. The molecule has 0 fully saturated rings. The molecule has 21 heavy (non-hydrogen) atoms. The first-order valence-electron chi connectivity index (χ1n) is 6.33. The number of hydrogen-bond donors (Lipinski definition) is 0. The Morgan fingerprint density at radius 2 is 2.19 bits per heavy atom. The van der Waals surface area contributed by atoms with Gasteiger partial charge in [0.25, 0.3) is 0 Å². The minimum Gasteiger partial charge on any atom is -0.295 e. The predicted molar refractivity (Wildman–Crippen MR) is 86.2 cm³/mol. The Kier molecular flexibility index (Phi) is 4.16. The third kappa shape index (κ3) is 3.22. The number of nitro groups is 1.